The van der Waals surface area contributed by atoms with Gasteiger partial charge in [-0.3, -0.25) is 4.79 Å². The molecule has 0 bridgehead atoms. The minimum Gasteiger partial charge on any atom is -0.494 e. The number of methoxy groups -OCH3 is 1. The molecular weight excluding hydrogens is 254 g/mol. The van der Waals surface area contributed by atoms with Crippen molar-refractivity contribution >= 4 is 11.6 Å². The van der Waals surface area contributed by atoms with Gasteiger partial charge in [-0.2, -0.15) is 0 Å². The predicted octanol–water partition coefficient (Wildman–Crippen LogP) is 1.91. The summed E-state index contributed by atoms with van der Waals surface area (Å²) in [6.45, 7) is 0.871. The van der Waals surface area contributed by atoms with E-state index in [1.54, 1.807) is 0 Å². The molecule has 1 aromatic rings. The van der Waals surface area contributed by atoms with E-state index in [4.69, 9.17) is 0 Å². The first-order valence-electron chi connectivity index (χ1n) is 6.13. The second kappa shape index (κ2) is 5.97. The first-order chi connectivity index (χ1) is 9.10. The number of halogens is 2. The van der Waals surface area contributed by atoms with E-state index in [1.807, 2.05) is 0 Å². The van der Waals surface area contributed by atoms with Crippen molar-refractivity contribution in [2.24, 2.45) is 5.92 Å². The molecule has 19 heavy (non-hydrogen) atoms. The molecule has 0 heterocycles. The van der Waals surface area contributed by atoms with Crippen LogP contribution >= 0.6 is 0 Å². The van der Waals surface area contributed by atoms with Crippen molar-refractivity contribution in [1.82, 2.24) is 5.32 Å². The van der Waals surface area contributed by atoms with Crippen LogP contribution in [0.5, 0.6) is 5.75 Å². The van der Waals surface area contributed by atoms with E-state index < -0.39 is 17.5 Å². The standard InChI is InChI=1S/C13H16F2N2O2/c1-19-12-5-9(14)11(4-10(12)15)17-13(18)7-16-6-8-2-3-8/h4-5,8,16H,2-3,6-7H2,1H3,(H,17,18). The zero-order valence-electron chi connectivity index (χ0n) is 10.6. The maximum Gasteiger partial charge on any atom is 0.238 e. The first-order valence-corrected chi connectivity index (χ1v) is 6.13. The molecule has 6 heteroatoms. The van der Waals surface area contributed by atoms with Crippen LogP contribution in [0.25, 0.3) is 0 Å². The zero-order chi connectivity index (χ0) is 13.8. The number of ether oxygens (including phenoxy) is 1. The molecule has 2 rings (SSSR count). The molecule has 0 spiro atoms. The Hall–Kier alpha value is -1.69. The van der Waals surface area contributed by atoms with Crippen LogP contribution in [0.4, 0.5) is 14.5 Å². The molecule has 1 aliphatic carbocycles. The van der Waals surface area contributed by atoms with Crippen molar-refractivity contribution in [1.29, 1.82) is 0 Å². The number of nitrogens with one attached hydrogen (secondary N) is 2. The second-order valence-electron chi connectivity index (χ2n) is 4.59. The van der Waals surface area contributed by atoms with Crippen LogP contribution in [0.2, 0.25) is 0 Å². The van der Waals surface area contributed by atoms with Crippen LogP contribution in [0, 0.1) is 17.6 Å². The summed E-state index contributed by atoms with van der Waals surface area (Å²) in [5.41, 5.74) is -0.184. The predicted molar refractivity (Wildman–Crippen MR) is 67.1 cm³/mol. The van der Waals surface area contributed by atoms with Crippen LogP contribution < -0.4 is 15.4 Å². The quantitative estimate of drug-likeness (QED) is 0.830. The molecule has 1 saturated carbocycles. The molecule has 0 radical (unpaired) electrons. The number of hydrogen-bond donors (Lipinski definition) is 2. The molecule has 0 aromatic heterocycles. The Kier molecular flexibility index (Phi) is 4.31. The number of amides is 1. The Morgan fingerprint density at radius 1 is 1.37 bits per heavy atom. The van der Waals surface area contributed by atoms with Gasteiger partial charge in [0.05, 0.1) is 19.3 Å². The van der Waals surface area contributed by atoms with Crippen molar-refractivity contribution in [3.63, 3.8) is 0 Å². The molecular formula is C13H16F2N2O2. The van der Waals surface area contributed by atoms with Gasteiger partial charge >= 0.3 is 0 Å². The Morgan fingerprint density at radius 2 is 2.11 bits per heavy atom. The van der Waals surface area contributed by atoms with Gasteiger partial charge in [-0.1, -0.05) is 0 Å². The molecule has 4 nitrogen and oxygen atoms in total. The van der Waals surface area contributed by atoms with Crippen molar-refractivity contribution in [2.45, 2.75) is 12.8 Å². The smallest absolute Gasteiger partial charge is 0.238 e. The zero-order valence-corrected chi connectivity index (χ0v) is 10.6. The van der Waals surface area contributed by atoms with Gasteiger partial charge in [0, 0.05) is 12.1 Å². The molecule has 0 saturated heterocycles. The summed E-state index contributed by atoms with van der Waals surface area (Å²) in [7, 11) is 1.25. The molecule has 1 amide bonds. The average Bonchev–Trinajstić information content (AvgIpc) is 3.17. The molecule has 2 N–H and O–H groups in total. The Bertz CT molecular complexity index is 476. The van der Waals surface area contributed by atoms with Gasteiger partial charge in [0.15, 0.2) is 17.4 Å². The number of rotatable bonds is 6. The van der Waals surface area contributed by atoms with Gasteiger partial charge in [0.2, 0.25) is 5.91 Å². The van der Waals surface area contributed by atoms with Gasteiger partial charge < -0.3 is 15.4 Å². The summed E-state index contributed by atoms with van der Waals surface area (Å²) in [5.74, 6) is -1.38. The van der Waals surface area contributed by atoms with Crippen LogP contribution in [-0.2, 0) is 4.79 Å². The topological polar surface area (TPSA) is 50.4 Å². The third-order valence-corrected chi connectivity index (χ3v) is 2.93. The highest BCUT2D eigenvalue weighted by Gasteiger charge is 2.20. The van der Waals surface area contributed by atoms with E-state index in [2.05, 4.69) is 15.4 Å². The molecule has 1 aliphatic rings. The number of anilines is 1. The monoisotopic (exact) mass is 270 g/mol. The lowest BCUT2D eigenvalue weighted by atomic mass is 10.2. The number of benzene rings is 1. The number of carbonyl (C=O) groups excluding carboxylic acids is 1. The number of carbonyl (C=O) groups is 1. The lowest BCUT2D eigenvalue weighted by Gasteiger charge is -2.09. The fourth-order valence-corrected chi connectivity index (χ4v) is 1.69. The van der Waals surface area contributed by atoms with Gasteiger partial charge in [0.25, 0.3) is 0 Å². The van der Waals surface area contributed by atoms with Crippen molar-refractivity contribution in [3.8, 4) is 5.75 Å². The van der Waals surface area contributed by atoms with Gasteiger partial charge in [-0.05, 0) is 25.3 Å². The van der Waals surface area contributed by atoms with Crippen molar-refractivity contribution in [3.05, 3.63) is 23.8 Å². The fourth-order valence-electron chi connectivity index (χ4n) is 1.69. The normalized spacial score (nSPS) is 14.3. The van der Waals surface area contributed by atoms with E-state index in [-0.39, 0.29) is 18.0 Å². The fraction of sp³-hybridized carbons (Fsp3) is 0.462. The minimum atomic E-state index is -0.728. The molecule has 104 valence electrons. The average molecular weight is 270 g/mol. The summed E-state index contributed by atoms with van der Waals surface area (Å²) < 4.78 is 31.6. The molecule has 0 unspecified atom stereocenters. The van der Waals surface area contributed by atoms with Gasteiger partial charge in [0.1, 0.15) is 0 Å². The number of hydrogen-bond acceptors (Lipinski definition) is 3. The second-order valence-corrected chi connectivity index (χ2v) is 4.59. The third kappa shape index (κ3) is 3.89. The highest BCUT2D eigenvalue weighted by Crippen LogP contribution is 2.27. The molecule has 1 fully saturated rings. The lowest BCUT2D eigenvalue weighted by Crippen LogP contribution is -2.29. The van der Waals surface area contributed by atoms with Crippen molar-refractivity contribution < 1.29 is 18.3 Å². The molecule has 0 atom stereocenters. The van der Waals surface area contributed by atoms with E-state index in [0.717, 1.165) is 18.7 Å². The molecule has 0 aliphatic heterocycles. The minimum absolute atomic E-state index is 0.0869. The molecule has 1 aromatic carbocycles. The van der Waals surface area contributed by atoms with E-state index >= 15 is 0 Å². The Balaban J connectivity index is 1.89. The SMILES string of the molecule is COc1cc(F)c(NC(=O)CNCC2CC2)cc1F. The lowest BCUT2D eigenvalue weighted by molar-refractivity contribution is -0.115. The summed E-state index contributed by atoms with van der Waals surface area (Å²) >= 11 is 0. The Morgan fingerprint density at radius 3 is 2.74 bits per heavy atom. The largest absolute Gasteiger partial charge is 0.494 e. The van der Waals surface area contributed by atoms with Crippen molar-refractivity contribution in [2.75, 3.05) is 25.5 Å². The third-order valence-electron chi connectivity index (χ3n) is 2.93. The summed E-state index contributed by atoms with van der Waals surface area (Å²) in [4.78, 5) is 11.5. The van der Waals surface area contributed by atoms with Gasteiger partial charge in [-0.15, -0.1) is 0 Å². The first kappa shape index (κ1) is 13.7. The summed E-state index contributed by atoms with van der Waals surface area (Å²) in [6.07, 6.45) is 2.37. The highest BCUT2D eigenvalue weighted by molar-refractivity contribution is 5.92. The van der Waals surface area contributed by atoms with Crippen LogP contribution in [0.15, 0.2) is 12.1 Å². The Labute approximate surface area is 110 Å². The van der Waals surface area contributed by atoms with Crippen LogP contribution in [0.1, 0.15) is 12.8 Å². The van der Waals surface area contributed by atoms with E-state index in [1.165, 1.54) is 20.0 Å². The highest BCUT2D eigenvalue weighted by atomic mass is 19.1. The maximum absolute atomic E-state index is 13.6. The van der Waals surface area contributed by atoms with E-state index in [9.17, 15) is 13.6 Å². The summed E-state index contributed by atoms with van der Waals surface area (Å²) in [6, 6.07) is 1.82. The van der Waals surface area contributed by atoms with Gasteiger partial charge in [-0.25, -0.2) is 8.78 Å². The van der Waals surface area contributed by atoms with Crippen LogP contribution in [0.3, 0.4) is 0 Å². The summed E-state index contributed by atoms with van der Waals surface area (Å²) in [5, 5.41) is 5.30. The van der Waals surface area contributed by atoms with Crippen LogP contribution in [-0.4, -0.2) is 26.1 Å². The maximum atomic E-state index is 13.6. The van der Waals surface area contributed by atoms with E-state index in [0.29, 0.717) is 5.92 Å².